The molecule has 1 aromatic rings. The maximum absolute atomic E-state index is 12.1. The van der Waals surface area contributed by atoms with E-state index in [4.69, 9.17) is 0 Å². The van der Waals surface area contributed by atoms with Crippen LogP contribution in [0.15, 0.2) is 18.5 Å². The molecule has 0 atom stereocenters. The largest absolute Gasteiger partial charge is 0.334 e. The molecule has 1 amide bonds. The van der Waals surface area contributed by atoms with Crippen LogP contribution in [0, 0.1) is 11.3 Å². The molecule has 5 heteroatoms. The van der Waals surface area contributed by atoms with Gasteiger partial charge in [-0.2, -0.15) is 15.5 Å². The molecule has 1 N–H and O–H groups in total. The molecule has 100 valence electrons. The zero-order valence-corrected chi connectivity index (χ0v) is 10.9. The molecule has 1 aliphatic carbocycles. The van der Waals surface area contributed by atoms with Crippen molar-refractivity contribution in [2.45, 2.75) is 50.5 Å². The third kappa shape index (κ3) is 3.50. The van der Waals surface area contributed by atoms with E-state index in [2.05, 4.69) is 21.6 Å². The van der Waals surface area contributed by atoms with Gasteiger partial charge in [-0.1, -0.05) is 32.1 Å². The first kappa shape index (κ1) is 13.5. The maximum atomic E-state index is 12.1. The van der Waals surface area contributed by atoms with Crippen LogP contribution < -0.4 is 5.32 Å². The third-order valence-corrected chi connectivity index (χ3v) is 3.62. The van der Waals surface area contributed by atoms with Crippen LogP contribution in [0.1, 0.15) is 55.3 Å². The maximum Gasteiger partial charge on any atom is 0.254 e. The highest BCUT2D eigenvalue weighted by Crippen LogP contribution is 2.26. The lowest BCUT2D eigenvalue weighted by atomic mass is 9.85. The quantitative estimate of drug-likeness (QED) is 0.882. The molecule has 0 bridgehead atoms. The number of carbonyl (C=O) groups excluding carboxylic acids is 1. The second-order valence-electron chi connectivity index (χ2n) is 5.05. The fraction of sp³-hybridized carbons (Fsp3) is 0.571. The molecule has 0 radical (unpaired) electrons. The van der Waals surface area contributed by atoms with Crippen molar-refractivity contribution in [2.75, 3.05) is 0 Å². The Labute approximate surface area is 113 Å². The van der Waals surface area contributed by atoms with Gasteiger partial charge in [-0.05, 0) is 18.9 Å². The average Bonchev–Trinajstić information content (AvgIpc) is 2.43. The Morgan fingerprint density at radius 1 is 1.21 bits per heavy atom. The van der Waals surface area contributed by atoms with Crippen molar-refractivity contribution in [3.63, 3.8) is 0 Å². The summed E-state index contributed by atoms with van der Waals surface area (Å²) in [5, 5.41) is 19.7. The molecule has 0 spiro atoms. The van der Waals surface area contributed by atoms with Crippen molar-refractivity contribution in [2.24, 2.45) is 0 Å². The molecule has 5 nitrogen and oxygen atoms in total. The van der Waals surface area contributed by atoms with Gasteiger partial charge < -0.3 is 5.32 Å². The smallest absolute Gasteiger partial charge is 0.254 e. The predicted octanol–water partition coefficient (Wildman–Crippen LogP) is 2.21. The van der Waals surface area contributed by atoms with E-state index in [-0.39, 0.29) is 5.91 Å². The van der Waals surface area contributed by atoms with Gasteiger partial charge in [-0.3, -0.25) is 4.79 Å². The highest BCUT2D eigenvalue weighted by atomic mass is 16.1. The molecule has 2 rings (SSSR count). The normalized spacial score (nSPS) is 18.7. The predicted molar refractivity (Wildman–Crippen MR) is 70.2 cm³/mol. The molecule has 1 aliphatic rings. The van der Waals surface area contributed by atoms with Crippen LogP contribution in [0.25, 0.3) is 0 Å². The summed E-state index contributed by atoms with van der Waals surface area (Å²) >= 11 is 0. The summed E-state index contributed by atoms with van der Waals surface area (Å²) in [5.41, 5.74) is -0.271. The molecule has 0 aliphatic heterocycles. The summed E-state index contributed by atoms with van der Waals surface area (Å²) in [7, 11) is 0. The minimum atomic E-state index is -0.721. The number of carbonyl (C=O) groups is 1. The molecule has 0 saturated heterocycles. The van der Waals surface area contributed by atoms with Crippen molar-refractivity contribution in [1.29, 1.82) is 5.26 Å². The summed E-state index contributed by atoms with van der Waals surface area (Å²) in [6.07, 6.45) is 9.83. The topological polar surface area (TPSA) is 78.7 Å². The summed E-state index contributed by atoms with van der Waals surface area (Å²) in [6, 6.07) is 3.93. The van der Waals surface area contributed by atoms with Crippen LogP contribution in [-0.2, 0) is 0 Å². The Bertz CT molecular complexity index is 458. The standard InChI is InChI=1S/C14H18N4O/c15-11-14(7-4-2-1-3-5-8-14)18-13(19)12-6-9-16-17-10-12/h6,9-10H,1-5,7-8H2,(H,18,19). The summed E-state index contributed by atoms with van der Waals surface area (Å²) in [4.78, 5) is 12.1. The van der Waals surface area contributed by atoms with E-state index in [0.29, 0.717) is 5.56 Å². The zero-order valence-electron chi connectivity index (χ0n) is 10.9. The zero-order chi connectivity index (χ0) is 13.6. The number of rotatable bonds is 2. The number of hydrogen-bond acceptors (Lipinski definition) is 4. The van der Waals surface area contributed by atoms with Crippen LogP contribution in [-0.4, -0.2) is 21.6 Å². The molecular weight excluding hydrogens is 240 g/mol. The van der Waals surface area contributed by atoms with Gasteiger partial charge in [-0.15, -0.1) is 0 Å². The Balaban J connectivity index is 2.09. The molecule has 19 heavy (non-hydrogen) atoms. The first-order valence-electron chi connectivity index (χ1n) is 6.76. The summed E-state index contributed by atoms with van der Waals surface area (Å²) in [5.74, 6) is -0.239. The number of nitrogens with zero attached hydrogens (tertiary/aromatic N) is 3. The number of nitrogens with one attached hydrogen (secondary N) is 1. The number of aromatic nitrogens is 2. The molecule has 1 heterocycles. The van der Waals surface area contributed by atoms with Gasteiger partial charge in [0.2, 0.25) is 0 Å². The van der Waals surface area contributed by atoms with Crippen molar-refractivity contribution >= 4 is 5.91 Å². The second-order valence-corrected chi connectivity index (χ2v) is 5.05. The van der Waals surface area contributed by atoms with Crippen molar-refractivity contribution in [3.05, 3.63) is 24.0 Å². The number of hydrogen-bond donors (Lipinski definition) is 1. The lowest BCUT2D eigenvalue weighted by Gasteiger charge is -2.29. The van der Waals surface area contributed by atoms with Crippen LogP contribution in [0.4, 0.5) is 0 Å². The average molecular weight is 258 g/mol. The molecular formula is C14H18N4O. The van der Waals surface area contributed by atoms with E-state index >= 15 is 0 Å². The van der Waals surface area contributed by atoms with E-state index in [1.807, 2.05) is 0 Å². The van der Waals surface area contributed by atoms with Crippen LogP contribution in [0.3, 0.4) is 0 Å². The fourth-order valence-electron chi connectivity index (χ4n) is 2.49. The first-order valence-corrected chi connectivity index (χ1v) is 6.76. The van der Waals surface area contributed by atoms with Gasteiger partial charge in [0.05, 0.1) is 24.0 Å². The Morgan fingerprint density at radius 2 is 1.89 bits per heavy atom. The van der Waals surface area contributed by atoms with Gasteiger partial charge >= 0.3 is 0 Å². The van der Waals surface area contributed by atoms with E-state index in [1.54, 1.807) is 6.07 Å². The minimum Gasteiger partial charge on any atom is -0.334 e. The Hall–Kier alpha value is -1.96. The van der Waals surface area contributed by atoms with E-state index in [1.165, 1.54) is 18.8 Å². The fourth-order valence-corrected chi connectivity index (χ4v) is 2.49. The second kappa shape index (κ2) is 6.28. The van der Waals surface area contributed by atoms with E-state index < -0.39 is 5.54 Å². The Morgan fingerprint density at radius 3 is 2.47 bits per heavy atom. The lowest BCUT2D eigenvalue weighted by molar-refractivity contribution is 0.0907. The van der Waals surface area contributed by atoms with Crippen molar-refractivity contribution < 1.29 is 4.79 Å². The lowest BCUT2D eigenvalue weighted by Crippen LogP contribution is -2.47. The number of amides is 1. The van der Waals surface area contributed by atoms with Gasteiger partial charge in [0.1, 0.15) is 5.54 Å². The SMILES string of the molecule is N#CC1(NC(=O)c2ccnnc2)CCCCCCC1. The van der Waals surface area contributed by atoms with Crippen LogP contribution in [0.2, 0.25) is 0 Å². The highest BCUT2D eigenvalue weighted by molar-refractivity contribution is 5.94. The van der Waals surface area contributed by atoms with Crippen molar-refractivity contribution in [3.8, 4) is 6.07 Å². The monoisotopic (exact) mass is 258 g/mol. The van der Waals surface area contributed by atoms with Crippen molar-refractivity contribution in [1.82, 2.24) is 15.5 Å². The summed E-state index contributed by atoms with van der Waals surface area (Å²) in [6.45, 7) is 0. The van der Waals surface area contributed by atoms with E-state index in [9.17, 15) is 10.1 Å². The van der Waals surface area contributed by atoms with Gasteiger partial charge in [0.15, 0.2) is 0 Å². The molecule has 1 aromatic heterocycles. The molecule has 0 unspecified atom stereocenters. The summed E-state index contributed by atoms with van der Waals surface area (Å²) < 4.78 is 0. The molecule has 0 aromatic carbocycles. The van der Waals surface area contributed by atoms with Gasteiger partial charge in [-0.25, -0.2) is 0 Å². The van der Waals surface area contributed by atoms with Gasteiger partial charge in [0.25, 0.3) is 5.91 Å². The first-order chi connectivity index (χ1) is 9.26. The Kier molecular flexibility index (Phi) is 4.45. The van der Waals surface area contributed by atoms with Crippen LogP contribution >= 0.6 is 0 Å². The highest BCUT2D eigenvalue weighted by Gasteiger charge is 2.32. The number of nitriles is 1. The third-order valence-electron chi connectivity index (χ3n) is 3.62. The van der Waals surface area contributed by atoms with E-state index in [0.717, 1.165) is 38.5 Å². The van der Waals surface area contributed by atoms with Gasteiger partial charge in [0, 0.05) is 0 Å². The minimum absolute atomic E-state index is 0.239. The molecule has 1 fully saturated rings. The van der Waals surface area contributed by atoms with Crippen LogP contribution in [0.5, 0.6) is 0 Å². The molecule has 1 saturated carbocycles.